The van der Waals surface area contributed by atoms with Crippen LogP contribution in [-0.4, -0.2) is 38.3 Å². The fourth-order valence-electron chi connectivity index (χ4n) is 1.87. The molecular formula is C6H6BrN3O2S2. The monoisotopic (exact) mass is 295 g/mol. The van der Waals surface area contributed by atoms with Crippen molar-refractivity contribution in [2.24, 2.45) is 0 Å². The summed E-state index contributed by atoms with van der Waals surface area (Å²) in [7, 11) is -2.99. The lowest BCUT2D eigenvalue weighted by Gasteiger charge is -2.11. The first-order valence-electron chi connectivity index (χ1n) is 4.01. The normalized spacial score (nSPS) is 38.2. The Bertz CT molecular complexity index is 485. The fraction of sp³-hybridized carbons (Fsp3) is 0.667. The fourth-order valence-corrected chi connectivity index (χ4v) is 6.76. The van der Waals surface area contributed by atoms with Crippen LogP contribution in [0.25, 0.3) is 0 Å². The van der Waals surface area contributed by atoms with Crippen molar-refractivity contribution in [2.75, 3.05) is 5.75 Å². The predicted molar refractivity (Wildman–Crippen MR) is 55.2 cm³/mol. The van der Waals surface area contributed by atoms with E-state index in [2.05, 4.69) is 26.1 Å². The summed E-state index contributed by atoms with van der Waals surface area (Å²) < 4.78 is 24.5. The van der Waals surface area contributed by atoms with Gasteiger partial charge in [-0.2, -0.15) is 0 Å². The second-order valence-corrected chi connectivity index (χ2v) is 8.31. The first-order chi connectivity index (χ1) is 6.59. The molecule has 3 rings (SSSR count). The number of rotatable bonds is 0. The number of hydrogen-bond acceptors (Lipinski definition) is 5. The summed E-state index contributed by atoms with van der Waals surface area (Å²) in [6.07, 6.45) is 1.60. The molecule has 0 aromatic carbocycles. The molecule has 2 aliphatic rings. The zero-order chi connectivity index (χ0) is 9.92. The molecule has 14 heavy (non-hydrogen) atoms. The summed E-state index contributed by atoms with van der Waals surface area (Å²) in [6, 6.07) is -0.0463. The van der Waals surface area contributed by atoms with Crippen LogP contribution in [0.3, 0.4) is 0 Å². The Morgan fingerprint density at radius 2 is 2.43 bits per heavy atom. The van der Waals surface area contributed by atoms with Crippen LogP contribution in [-0.2, 0) is 9.84 Å². The van der Waals surface area contributed by atoms with E-state index < -0.39 is 14.0 Å². The van der Waals surface area contributed by atoms with Gasteiger partial charge in [0.15, 0.2) is 15.0 Å². The molecule has 76 valence electrons. The Balaban J connectivity index is 2.12. The van der Waals surface area contributed by atoms with Crippen LogP contribution in [0.2, 0.25) is 0 Å². The van der Waals surface area contributed by atoms with Crippen molar-refractivity contribution in [1.82, 2.24) is 14.8 Å². The third kappa shape index (κ3) is 1.04. The molecule has 0 saturated carbocycles. The average molecular weight is 296 g/mol. The van der Waals surface area contributed by atoms with E-state index in [1.54, 1.807) is 6.33 Å². The van der Waals surface area contributed by atoms with Gasteiger partial charge in [-0.1, -0.05) is 27.7 Å². The van der Waals surface area contributed by atoms with Gasteiger partial charge in [0.2, 0.25) is 0 Å². The summed E-state index contributed by atoms with van der Waals surface area (Å²) in [5.74, 6) is 0.224. The smallest absolute Gasteiger partial charge is 0.191 e. The molecule has 5 nitrogen and oxygen atoms in total. The Morgan fingerprint density at radius 1 is 1.64 bits per heavy atom. The second kappa shape index (κ2) is 2.73. The molecule has 0 amide bonds. The van der Waals surface area contributed by atoms with Crippen LogP contribution < -0.4 is 0 Å². The maximum absolute atomic E-state index is 11.6. The van der Waals surface area contributed by atoms with Gasteiger partial charge in [0, 0.05) is 5.25 Å². The van der Waals surface area contributed by atoms with Gasteiger partial charge in [-0.3, -0.25) is 0 Å². The highest BCUT2D eigenvalue weighted by atomic mass is 79.9. The van der Waals surface area contributed by atoms with E-state index in [0.29, 0.717) is 0 Å². The first-order valence-corrected chi connectivity index (χ1v) is 7.52. The largest absolute Gasteiger partial charge is 0.302 e. The molecule has 1 fully saturated rings. The van der Waals surface area contributed by atoms with Crippen molar-refractivity contribution in [1.29, 1.82) is 0 Å². The number of sulfone groups is 1. The highest BCUT2D eigenvalue weighted by Gasteiger charge is 2.51. The lowest BCUT2D eigenvalue weighted by atomic mass is 10.2. The molecule has 0 radical (unpaired) electrons. The van der Waals surface area contributed by atoms with Gasteiger partial charge in [0.1, 0.15) is 10.5 Å². The molecule has 0 unspecified atom stereocenters. The van der Waals surface area contributed by atoms with E-state index in [1.807, 2.05) is 4.57 Å². The molecule has 0 spiro atoms. The van der Waals surface area contributed by atoms with Crippen molar-refractivity contribution < 1.29 is 8.42 Å². The maximum Gasteiger partial charge on any atom is 0.191 e. The first kappa shape index (κ1) is 9.17. The molecule has 3 heterocycles. The molecule has 0 aliphatic carbocycles. The van der Waals surface area contributed by atoms with E-state index >= 15 is 0 Å². The van der Waals surface area contributed by atoms with Crippen molar-refractivity contribution in [2.45, 2.75) is 20.6 Å². The third-order valence-corrected chi connectivity index (χ3v) is 8.01. The average Bonchev–Trinajstić information content (AvgIpc) is 2.65. The quantitative estimate of drug-likeness (QED) is 0.650. The van der Waals surface area contributed by atoms with Gasteiger partial charge >= 0.3 is 0 Å². The van der Waals surface area contributed by atoms with Crippen LogP contribution in [0, 0.1) is 0 Å². The van der Waals surface area contributed by atoms with Crippen molar-refractivity contribution in [3.63, 3.8) is 0 Å². The van der Waals surface area contributed by atoms with Gasteiger partial charge < -0.3 is 4.57 Å². The number of alkyl halides is 1. The minimum atomic E-state index is -2.99. The Morgan fingerprint density at radius 3 is 3.21 bits per heavy atom. The molecule has 8 heteroatoms. The highest BCUT2D eigenvalue weighted by Crippen LogP contribution is 2.49. The summed E-state index contributed by atoms with van der Waals surface area (Å²) in [4.78, 5) is 0. The van der Waals surface area contributed by atoms with Gasteiger partial charge in [-0.05, 0) is 0 Å². The Hall–Kier alpha value is -0.0800. The zero-order valence-electron chi connectivity index (χ0n) is 6.87. The number of aromatic nitrogens is 3. The van der Waals surface area contributed by atoms with Gasteiger partial charge in [-0.25, -0.2) is 8.42 Å². The lowest BCUT2D eigenvalue weighted by Crippen LogP contribution is -2.18. The predicted octanol–water partition coefficient (Wildman–Crippen LogP) is 0.443. The van der Waals surface area contributed by atoms with Crippen molar-refractivity contribution in [3.8, 4) is 0 Å². The summed E-state index contributed by atoms with van der Waals surface area (Å²) >= 11 is 4.74. The number of nitrogens with zero attached hydrogens (tertiary/aromatic N) is 3. The number of halogens is 1. The van der Waals surface area contributed by atoms with Crippen molar-refractivity contribution >= 4 is 37.5 Å². The number of fused-ring (bicyclic) bond motifs is 3. The van der Waals surface area contributed by atoms with E-state index in [0.717, 1.165) is 5.16 Å². The lowest BCUT2D eigenvalue weighted by molar-refractivity contribution is 0.537. The molecule has 1 saturated heterocycles. The van der Waals surface area contributed by atoms with Crippen molar-refractivity contribution in [3.05, 3.63) is 6.33 Å². The van der Waals surface area contributed by atoms with E-state index in [-0.39, 0.29) is 17.0 Å². The standard InChI is InChI=1S/C6H6BrN3O2S2/c7-5-4-3(1-14(5,11)12)13-6-9-8-2-10(4)6/h2-5H,1H2/t3-,4-,5+/m1/s1. The Labute approximate surface area is 93.3 Å². The van der Waals surface area contributed by atoms with Crippen LogP contribution in [0.5, 0.6) is 0 Å². The Kier molecular flexibility index (Phi) is 1.79. The van der Waals surface area contributed by atoms with E-state index in [1.165, 1.54) is 11.8 Å². The summed E-state index contributed by atoms with van der Waals surface area (Å²) in [6.45, 7) is 0. The second-order valence-electron chi connectivity index (χ2n) is 3.35. The minimum absolute atomic E-state index is 0.0463. The summed E-state index contributed by atoms with van der Waals surface area (Å²) in [5, 5.41) is 8.60. The molecule has 0 bridgehead atoms. The van der Waals surface area contributed by atoms with Gasteiger partial charge in [0.25, 0.3) is 0 Å². The van der Waals surface area contributed by atoms with E-state index in [4.69, 9.17) is 0 Å². The molecule has 2 aliphatic heterocycles. The number of thioether (sulfide) groups is 1. The molecule has 1 aromatic heterocycles. The molecule has 1 aromatic rings. The SMILES string of the molecule is O=S1(=O)C[C@H]2Sc3nncn3[C@H]2[C@H]1Br. The molecule has 3 atom stereocenters. The summed E-state index contributed by atoms with van der Waals surface area (Å²) in [5.41, 5.74) is 0. The molecular weight excluding hydrogens is 290 g/mol. The minimum Gasteiger partial charge on any atom is -0.302 e. The van der Waals surface area contributed by atoms with Crippen LogP contribution in [0.4, 0.5) is 0 Å². The van der Waals surface area contributed by atoms with Crippen LogP contribution >= 0.6 is 27.7 Å². The van der Waals surface area contributed by atoms with E-state index in [9.17, 15) is 8.42 Å². The maximum atomic E-state index is 11.6. The highest BCUT2D eigenvalue weighted by molar-refractivity contribution is 9.11. The topological polar surface area (TPSA) is 64.8 Å². The number of hydrogen-bond donors (Lipinski definition) is 0. The van der Waals surface area contributed by atoms with Gasteiger partial charge in [0.05, 0.1) is 11.8 Å². The van der Waals surface area contributed by atoms with Gasteiger partial charge in [-0.15, -0.1) is 10.2 Å². The zero-order valence-corrected chi connectivity index (χ0v) is 10.1. The van der Waals surface area contributed by atoms with Crippen LogP contribution in [0.15, 0.2) is 11.5 Å². The van der Waals surface area contributed by atoms with Crippen LogP contribution in [0.1, 0.15) is 6.04 Å². The molecule has 0 N–H and O–H groups in total. The third-order valence-electron chi connectivity index (χ3n) is 2.51.